The maximum Gasteiger partial charge on any atom is 0.272 e. The van der Waals surface area contributed by atoms with E-state index in [2.05, 4.69) is 19.2 Å². The van der Waals surface area contributed by atoms with E-state index >= 15 is 0 Å². The summed E-state index contributed by atoms with van der Waals surface area (Å²) >= 11 is 0. The quantitative estimate of drug-likeness (QED) is 0.745. The number of piperidine rings is 1. The molecule has 0 spiro atoms. The number of amides is 1. The minimum absolute atomic E-state index is 0.149. The van der Waals surface area contributed by atoms with E-state index in [1.165, 1.54) is 16.6 Å². The van der Waals surface area contributed by atoms with Crippen LogP contribution in [0.15, 0.2) is 41.4 Å². The fourth-order valence-corrected chi connectivity index (χ4v) is 4.88. The molecule has 7 nitrogen and oxygen atoms in total. The minimum Gasteiger partial charge on any atom is -0.491 e. The Labute approximate surface area is 172 Å². The van der Waals surface area contributed by atoms with Crippen LogP contribution in [0.25, 0.3) is 0 Å². The van der Waals surface area contributed by atoms with E-state index in [0.717, 1.165) is 19.3 Å². The van der Waals surface area contributed by atoms with Gasteiger partial charge in [0, 0.05) is 26.3 Å². The lowest BCUT2D eigenvalue weighted by Gasteiger charge is -2.25. The van der Waals surface area contributed by atoms with Crippen molar-refractivity contribution in [1.29, 1.82) is 0 Å². The van der Waals surface area contributed by atoms with Gasteiger partial charge in [-0.15, -0.1) is 0 Å². The molecule has 3 rings (SSSR count). The third kappa shape index (κ3) is 5.00. The Morgan fingerprint density at radius 3 is 2.55 bits per heavy atom. The Morgan fingerprint density at radius 2 is 1.86 bits per heavy atom. The Bertz CT molecular complexity index is 960. The Balaban J connectivity index is 1.79. The van der Waals surface area contributed by atoms with Crippen LogP contribution in [0.3, 0.4) is 0 Å². The molecule has 0 bridgehead atoms. The van der Waals surface area contributed by atoms with Crippen LogP contribution in [0.1, 0.15) is 43.6 Å². The van der Waals surface area contributed by atoms with Gasteiger partial charge in [-0.3, -0.25) is 4.79 Å². The summed E-state index contributed by atoms with van der Waals surface area (Å²) in [6.07, 6.45) is 4.28. The molecule has 158 valence electrons. The van der Waals surface area contributed by atoms with Crippen molar-refractivity contribution in [2.45, 2.75) is 38.0 Å². The molecule has 1 amide bonds. The summed E-state index contributed by atoms with van der Waals surface area (Å²) in [6.45, 7) is 5.69. The number of sulfonamides is 1. The Kier molecular flexibility index (Phi) is 6.64. The smallest absolute Gasteiger partial charge is 0.272 e. The van der Waals surface area contributed by atoms with E-state index in [1.54, 1.807) is 23.7 Å². The molecule has 1 aliphatic heterocycles. The molecule has 8 heteroatoms. The first-order chi connectivity index (χ1) is 13.8. The van der Waals surface area contributed by atoms with Crippen molar-refractivity contribution in [2.75, 3.05) is 25.0 Å². The van der Waals surface area contributed by atoms with Gasteiger partial charge in [-0.25, -0.2) is 8.42 Å². The fourth-order valence-electron chi connectivity index (χ4n) is 3.29. The zero-order chi connectivity index (χ0) is 21.0. The molecule has 1 N–H and O–H groups in total. The van der Waals surface area contributed by atoms with Gasteiger partial charge in [0.15, 0.2) is 0 Å². The van der Waals surface area contributed by atoms with E-state index in [0.29, 0.717) is 37.1 Å². The second-order valence-electron chi connectivity index (χ2n) is 7.79. The van der Waals surface area contributed by atoms with E-state index in [9.17, 15) is 13.2 Å². The summed E-state index contributed by atoms with van der Waals surface area (Å²) in [5, 5.41) is 2.84. The lowest BCUT2D eigenvalue weighted by Crippen LogP contribution is -2.35. The topological polar surface area (TPSA) is 80.6 Å². The number of hydrogen-bond acceptors (Lipinski definition) is 4. The summed E-state index contributed by atoms with van der Waals surface area (Å²) in [5.41, 5.74) is 0.832. The van der Waals surface area contributed by atoms with Crippen molar-refractivity contribution >= 4 is 21.6 Å². The number of nitrogens with zero attached hydrogens (tertiary/aromatic N) is 2. The predicted molar refractivity (Wildman–Crippen MR) is 113 cm³/mol. The molecule has 0 atom stereocenters. The summed E-state index contributed by atoms with van der Waals surface area (Å²) in [7, 11) is -1.92. The molecule has 2 heterocycles. The Morgan fingerprint density at radius 1 is 1.17 bits per heavy atom. The second-order valence-corrected chi connectivity index (χ2v) is 9.73. The first-order valence-electron chi connectivity index (χ1n) is 9.98. The highest BCUT2D eigenvalue weighted by atomic mass is 32.2. The number of rotatable bonds is 7. The van der Waals surface area contributed by atoms with Crippen LogP contribution in [0.2, 0.25) is 0 Å². The zero-order valence-corrected chi connectivity index (χ0v) is 18.0. The number of benzene rings is 1. The molecule has 29 heavy (non-hydrogen) atoms. The molecule has 0 radical (unpaired) electrons. The van der Waals surface area contributed by atoms with Crippen molar-refractivity contribution in [2.24, 2.45) is 13.0 Å². The van der Waals surface area contributed by atoms with Gasteiger partial charge in [0.25, 0.3) is 5.91 Å². The fraction of sp³-hybridized carbons (Fsp3) is 0.476. The number of carbonyl (C=O) groups excluding carboxylic acids is 1. The van der Waals surface area contributed by atoms with E-state index < -0.39 is 10.0 Å². The molecule has 2 aromatic rings. The first-order valence-corrected chi connectivity index (χ1v) is 11.4. The highest BCUT2D eigenvalue weighted by molar-refractivity contribution is 7.89. The average Bonchev–Trinajstić information content (AvgIpc) is 3.10. The van der Waals surface area contributed by atoms with Crippen LogP contribution in [0.4, 0.5) is 5.69 Å². The van der Waals surface area contributed by atoms with Gasteiger partial charge in [0.1, 0.15) is 16.3 Å². The van der Waals surface area contributed by atoms with Crippen LogP contribution in [0.5, 0.6) is 5.75 Å². The molecule has 0 unspecified atom stereocenters. The first kappa shape index (κ1) is 21.4. The monoisotopic (exact) mass is 419 g/mol. The summed E-state index contributed by atoms with van der Waals surface area (Å²) in [4.78, 5) is 13.0. The average molecular weight is 420 g/mol. The lowest BCUT2D eigenvalue weighted by atomic mass is 10.2. The number of para-hydroxylation sites is 2. The second kappa shape index (κ2) is 9.00. The molecule has 1 aliphatic rings. The number of ether oxygens (including phenoxy) is 1. The van der Waals surface area contributed by atoms with Crippen molar-refractivity contribution in [3.63, 3.8) is 0 Å². The molecule has 0 aliphatic carbocycles. The molecular weight excluding hydrogens is 390 g/mol. The minimum atomic E-state index is -3.59. The van der Waals surface area contributed by atoms with Gasteiger partial charge in [-0.1, -0.05) is 32.4 Å². The van der Waals surface area contributed by atoms with Crippen molar-refractivity contribution in [3.8, 4) is 5.75 Å². The lowest BCUT2D eigenvalue weighted by molar-refractivity contribution is 0.101. The highest BCUT2D eigenvalue weighted by Gasteiger charge is 2.28. The van der Waals surface area contributed by atoms with Crippen molar-refractivity contribution in [1.82, 2.24) is 8.87 Å². The number of aromatic nitrogens is 1. The molecule has 1 aromatic heterocycles. The Hall–Kier alpha value is -2.32. The van der Waals surface area contributed by atoms with Gasteiger partial charge in [0.05, 0.1) is 12.3 Å². The van der Waals surface area contributed by atoms with Crippen LogP contribution in [-0.2, 0) is 17.1 Å². The predicted octanol–water partition coefficient (Wildman–Crippen LogP) is 3.49. The van der Waals surface area contributed by atoms with E-state index in [1.807, 2.05) is 12.1 Å². The standard InChI is InChI=1S/C21H29N3O4S/c1-16(2)15-28-20-10-6-5-9-18(20)22-21(25)19-13-17(14-23(19)3)29(26,27)24-11-7-4-8-12-24/h5-6,9-10,13-14,16H,4,7-8,11-12,15H2,1-3H3,(H,22,25). The maximum atomic E-state index is 12.9. The molecular formula is C21H29N3O4S. The third-order valence-corrected chi connectivity index (χ3v) is 6.74. The molecule has 1 aromatic carbocycles. The molecule has 1 saturated heterocycles. The summed E-state index contributed by atoms with van der Waals surface area (Å²) in [5.74, 6) is 0.562. The summed E-state index contributed by atoms with van der Waals surface area (Å²) in [6, 6.07) is 8.67. The van der Waals surface area contributed by atoms with Gasteiger partial charge >= 0.3 is 0 Å². The SMILES string of the molecule is CC(C)COc1ccccc1NC(=O)c1cc(S(=O)(=O)N2CCCCC2)cn1C. The third-order valence-electron chi connectivity index (χ3n) is 4.87. The largest absolute Gasteiger partial charge is 0.491 e. The van der Waals surface area contributed by atoms with Gasteiger partial charge in [-0.05, 0) is 37.0 Å². The number of aryl methyl sites for hydroxylation is 1. The maximum absolute atomic E-state index is 12.9. The number of carbonyl (C=O) groups is 1. The van der Waals surface area contributed by atoms with Crippen molar-refractivity contribution in [3.05, 3.63) is 42.2 Å². The normalized spacial score (nSPS) is 15.4. The van der Waals surface area contributed by atoms with Gasteiger partial charge < -0.3 is 14.6 Å². The molecule has 0 saturated carbocycles. The number of hydrogen-bond donors (Lipinski definition) is 1. The van der Waals surface area contributed by atoms with Crippen LogP contribution in [0, 0.1) is 5.92 Å². The van der Waals surface area contributed by atoms with Crippen molar-refractivity contribution < 1.29 is 17.9 Å². The van der Waals surface area contributed by atoms with Crippen LogP contribution in [-0.4, -0.2) is 42.9 Å². The van der Waals surface area contributed by atoms with Gasteiger partial charge in [-0.2, -0.15) is 4.31 Å². The van der Waals surface area contributed by atoms with E-state index in [4.69, 9.17) is 4.74 Å². The highest BCUT2D eigenvalue weighted by Crippen LogP contribution is 2.26. The van der Waals surface area contributed by atoms with E-state index in [-0.39, 0.29) is 16.5 Å². The number of anilines is 1. The summed E-state index contributed by atoms with van der Waals surface area (Å²) < 4.78 is 34.6. The van der Waals surface area contributed by atoms with Crippen LogP contribution >= 0.6 is 0 Å². The van der Waals surface area contributed by atoms with Crippen LogP contribution < -0.4 is 10.1 Å². The zero-order valence-electron chi connectivity index (χ0n) is 17.2. The van der Waals surface area contributed by atoms with Gasteiger partial charge in [0.2, 0.25) is 10.0 Å². The molecule has 1 fully saturated rings. The number of nitrogens with one attached hydrogen (secondary N) is 1.